The highest BCUT2D eigenvalue weighted by Crippen LogP contribution is 2.24. The molecule has 11 nitrogen and oxygen atoms in total. The molecule has 4 rings (SSSR count). The third-order valence-corrected chi connectivity index (χ3v) is 7.27. The highest BCUT2D eigenvalue weighted by molar-refractivity contribution is 5.98. The van der Waals surface area contributed by atoms with Crippen molar-refractivity contribution in [2.24, 2.45) is 5.73 Å². The van der Waals surface area contributed by atoms with Gasteiger partial charge in [0.1, 0.15) is 23.3 Å². The molecule has 0 aromatic heterocycles. The fraction of sp³-hybridized carbons (Fsp3) is 0.471. The van der Waals surface area contributed by atoms with E-state index >= 15 is 0 Å². The van der Waals surface area contributed by atoms with E-state index in [1.807, 2.05) is 48.6 Å². The molecule has 0 saturated carbocycles. The summed E-state index contributed by atoms with van der Waals surface area (Å²) >= 11 is 0. The van der Waals surface area contributed by atoms with Gasteiger partial charge in [-0.3, -0.25) is 19.4 Å². The molecule has 45 heavy (non-hydrogen) atoms. The van der Waals surface area contributed by atoms with Crippen molar-refractivity contribution < 1.29 is 28.7 Å². The number of nitrogens with two attached hydrogens (primary N) is 1. The lowest BCUT2D eigenvalue weighted by atomic mass is 10.1. The van der Waals surface area contributed by atoms with E-state index in [4.69, 9.17) is 15.2 Å². The molecule has 0 radical (unpaired) electrons. The van der Waals surface area contributed by atoms with Gasteiger partial charge in [0, 0.05) is 30.5 Å². The van der Waals surface area contributed by atoms with Crippen molar-refractivity contribution in [3.63, 3.8) is 0 Å². The summed E-state index contributed by atoms with van der Waals surface area (Å²) in [6.45, 7) is 11.5. The Bertz CT molecular complexity index is 1410. The first-order chi connectivity index (χ1) is 21.1. The van der Waals surface area contributed by atoms with Crippen LogP contribution in [0.5, 0.6) is 0 Å². The molecule has 2 aliphatic rings. The van der Waals surface area contributed by atoms with Gasteiger partial charge in [0.2, 0.25) is 11.8 Å². The summed E-state index contributed by atoms with van der Waals surface area (Å²) in [5.74, 6) is -0.545. The molecule has 0 bridgehead atoms. The number of hydrogen-bond donors (Lipinski definition) is 3. The number of hydrogen-bond acceptors (Lipinski definition) is 7. The van der Waals surface area contributed by atoms with Gasteiger partial charge in [-0.15, -0.1) is 0 Å². The fourth-order valence-electron chi connectivity index (χ4n) is 5.22. The number of rotatable bonds is 6. The van der Waals surface area contributed by atoms with Crippen molar-refractivity contribution in [1.29, 1.82) is 0 Å². The van der Waals surface area contributed by atoms with Crippen LogP contribution < -0.4 is 16.4 Å². The second-order valence-corrected chi connectivity index (χ2v) is 13.5. The smallest absolute Gasteiger partial charge is 0.411 e. The van der Waals surface area contributed by atoms with Crippen LogP contribution in [0.1, 0.15) is 71.9 Å². The topological polar surface area (TPSA) is 143 Å². The molecule has 2 saturated heterocycles. The lowest BCUT2D eigenvalue weighted by Crippen LogP contribution is -2.45. The van der Waals surface area contributed by atoms with Gasteiger partial charge in [-0.2, -0.15) is 0 Å². The van der Waals surface area contributed by atoms with E-state index in [1.54, 1.807) is 53.7 Å². The Balaban J connectivity index is 1.30. The van der Waals surface area contributed by atoms with Gasteiger partial charge < -0.3 is 25.8 Å². The average molecular weight is 620 g/mol. The van der Waals surface area contributed by atoms with Crippen LogP contribution >= 0.6 is 0 Å². The van der Waals surface area contributed by atoms with Gasteiger partial charge in [0.25, 0.3) is 0 Å². The molecular formula is C34H45N5O6. The monoisotopic (exact) mass is 619 g/mol. The molecule has 2 aliphatic heterocycles. The number of ether oxygens (including phenoxy) is 2. The van der Waals surface area contributed by atoms with Crippen molar-refractivity contribution in [3.05, 3.63) is 59.7 Å². The molecule has 4 N–H and O–H groups in total. The zero-order valence-electron chi connectivity index (χ0n) is 27.0. The minimum Gasteiger partial charge on any atom is -0.444 e. The Labute approximate surface area is 265 Å². The molecule has 4 amide bonds. The van der Waals surface area contributed by atoms with E-state index in [0.29, 0.717) is 30.8 Å². The molecule has 3 atom stereocenters. The third kappa shape index (κ3) is 9.55. The number of benzene rings is 2. The predicted molar refractivity (Wildman–Crippen MR) is 174 cm³/mol. The quantitative estimate of drug-likeness (QED) is 0.364. The molecular weight excluding hydrogens is 574 g/mol. The zero-order valence-corrected chi connectivity index (χ0v) is 27.0. The summed E-state index contributed by atoms with van der Waals surface area (Å²) in [7, 11) is 0. The maximum atomic E-state index is 13.0. The Hall–Kier alpha value is -4.38. The first kappa shape index (κ1) is 33.5. The Kier molecular flexibility index (Phi) is 10.2. The molecule has 242 valence electrons. The SMILES string of the molecule is CC(C)(C)OC(=O)N1CCC[C@H]1C(=O)Nc1ccc(/C=C/c2ccc(NC(=O)[C@@H]3C[C@H](N)CN3C(=O)OC(C)(C)C)cc2)cc1. The fourth-order valence-corrected chi connectivity index (χ4v) is 5.22. The summed E-state index contributed by atoms with van der Waals surface area (Å²) in [5, 5.41) is 5.80. The average Bonchev–Trinajstić information content (AvgIpc) is 3.59. The number of anilines is 2. The standard InChI is InChI=1S/C34H45N5O6/c1-33(2,3)44-31(42)38-19-7-8-27(38)29(40)36-25-15-11-22(12-16-25)9-10-23-13-17-26(18-14-23)37-30(41)28-20-24(35)21-39(28)32(43)45-34(4,5)6/h9-18,24,27-28H,7-8,19-21,35H2,1-6H3,(H,36,40)(H,37,41)/b10-9+/t24-,27-,28-/m0/s1. The highest BCUT2D eigenvalue weighted by atomic mass is 16.6. The van der Waals surface area contributed by atoms with E-state index < -0.39 is 35.5 Å². The minimum atomic E-state index is -0.704. The number of nitrogens with one attached hydrogen (secondary N) is 2. The van der Waals surface area contributed by atoms with Crippen molar-refractivity contribution in [3.8, 4) is 0 Å². The molecule has 11 heteroatoms. The van der Waals surface area contributed by atoms with Crippen LogP contribution in [0.15, 0.2) is 48.5 Å². The van der Waals surface area contributed by atoms with Crippen LogP contribution in [0.25, 0.3) is 12.2 Å². The van der Waals surface area contributed by atoms with Crippen molar-refractivity contribution >= 4 is 47.5 Å². The molecule has 2 aromatic rings. The number of likely N-dealkylation sites (tertiary alicyclic amines) is 2. The summed E-state index contributed by atoms with van der Waals surface area (Å²) in [6.07, 6.45) is 4.56. The van der Waals surface area contributed by atoms with Gasteiger partial charge in [-0.05, 0) is 96.2 Å². The molecule has 2 heterocycles. The predicted octanol–water partition coefficient (Wildman–Crippen LogP) is 5.47. The van der Waals surface area contributed by atoms with Gasteiger partial charge in [0.05, 0.1) is 0 Å². The van der Waals surface area contributed by atoms with E-state index in [-0.39, 0.29) is 24.4 Å². The summed E-state index contributed by atoms with van der Waals surface area (Å²) < 4.78 is 10.9. The second-order valence-electron chi connectivity index (χ2n) is 13.5. The maximum Gasteiger partial charge on any atom is 0.411 e. The second kappa shape index (κ2) is 13.7. The Morgan fingerprint density at radius 3 is 1.64 bits per heavy atom. The van der Waals surface area contributed by atoms with Crippen LogP contribution in [-0.2, 0) is 19.1 Å². The van der Waals surface area contributed by atoms with Crippen LogP contribution in [0.3, 0.4) is 0 Å². The van der Waals surface area contributed by atoms with E-state index in [1.165, 1.54) is 9.80 Å². The number of nitrogens with zero attached hydrogens (tertiary/aromatic N) is 2. The van der Waals surface area contributed by atoms with Crippen LogP contribution in [0.2, 0.25) is 0 Å². The van der Waals surface area contributed by atoms with Gasteiger partial charge in [0.15, 0.2) is 0 Å². The van der Waals surface area contributed by atoms with Crippen LogP contribution in [0, 0.1) is 0 Å². The highest BCUT2D eigenvalue weighted by Gasteiger charge is 2.40. The van der Waals surface area contributed by atoms with Crippen LogP contribution in [-0.4, -0.2) is 76.2 Å². The molecule has 0 unspecified atom stereocenters. The molecule has 0 aliphatic carbocycles. The van der Waals surface area contributed by atoms with E-state index in [9.17, 15) is 19.2 Å². The first-order valence-electron chi connectivity index (χ1n) is 15.3. The maximum absolute atomic E-state index is 13.0. The third-order valence-electron chi connectivity index (χ3n) is 7.27. The number of carbonyl (C=O) groups excluding carboxylic acids is 4. The van der Waals surface area contributed by atoms with Crippen molar-refractivity contribution in [2.45, 2.75) is 90.1 Å². The largest absolute Gasteiger partial charge is 0.444 e. The van der Waals surface area contributed by atoms with Crippen molar-refractivity contribution in [1.82, 2.24) is 9.80 Å². The van der Waals surface area contributed by atoms with Gasteiger partial charge in [-0.1, -0.05) is 36.4 Å². The molecule has 0 spiro atoms. The van der Waals surface area contributed by atoms with E-state index in [0.717, 1.165) is 17.5 Å². The lowest BCUT2D eigenvalue weighted by molar-refractivity contribution is -0.121. The Morgan fingerprint density at radius 2 is 1.18 bits per heavy atom. The van der Waals surface area contributed by atoms with Crippen LogP contribution in [0.4, 0.5) is 21.0 Å². The number of amides is 4. The molecule has 2 aromatic carbocycles. The summed E-state index contributed by atoms with van der Waals surface area (Å²) in [5.41, 5.74) is 7.87. The van der Waals surface area contributed by atoms with Gasteiger partial charge in [-0.25, -0.2) is 9.59 Å². The summed E-state index contributed by atoms with van der Waals surface area (Å²) in [4.78, 5) is 54.0. The van der Waals surface area contributed by atoms with Crippen molar-refractivity contribution in [2.75, 3.05) is 23.7 Å². The zero-order chi connectivity index (χ0) is 32.9. The van der Waals surface area contributed by atoms with E-state index in [2.05, 4.69) is 10.6 Å². The Morgan fingerprint density at radius 1 is 0.733 bits per heavy atom. The lowest BCUT2D eigenvalue weighted by Gasteiger charge is -2.28. The normalized spacial score (nSPS) is 20.3. The first-order valence-corrected chi connectivity index (χ1v) is 15.3. The molecule has 2 fully saturated rings. The number of carbonyl (C=O) groups is 4. The minimum absolute atomic E-state index is 0.234. The van der Waals surface area contributed by atoms with Gasteiger partial charge >= 0.3 is 12.2 Å². The summed E-state index contributed by atoms with van der Waals surface area (Å²) in [6, 6.07) is 13.2.